The molecule has 0 bridgehead atoms. The number of unbranched alkanes of at least 4 members (excludes halogenated alkanes) is 2. The third-order valence-electron chi connectivity index (χ3n) is 6.20. The van der Waals surface area contributed by atoms with Crippen molar-refractivity contribution >= 4 is 44.5 Å². The smallest absolute Gasteiger partial charge is 0.0171 e. The summed E-state index contributed by atoms with van der Waals surface area (Å²) >= 11 is 0. The summed E-state index contributed by atoms with van der Waals surface area (Å²) in [5, 5.41) is 7.76. The Morgan fingerprint density at radius 3 is 1.74 bits per heavy atom. The van der Waals surface area contributed by atoms with Crippen molar-refractivity contribution in [1.82, 2.24) is 0 Å². The van der Waals surface area contributed by atoms with E-state index in [1.165, 1.54) is 74.7 Å². The van der Waals surface area contributed by atoms with Gasteiger partial charge in [0.2, 0.25) is 0 Å². The van der Waals surface area contributed by atoms with E-state index in [1.807, 2.05) is 0 Å². The van der Waals surface area contributed by atoms with Gasteiger partial charge in [-0.3, -0.25) is 0 Å². The Kier molecular flexibility index (Phi) is 5.54. The predicted octanol–water partition coefficient (Wildman–Crippen LogP) is 9.05. The predicted molar refractivity (Wildman–Crippen MR) is 138 cm³/mol. The van der Waals surface area contributed by atoms with E-state index >= 15 is 0 Å². The van der Waals surface area contributed by atoms with Crippen LogP contribution in [0.3, 0.4) is 0 Å². The van der Waals surface area contributed by atoms with Gasteiger partial charge in [0.15, 0.2) is 0 Å². The maximum atomic E-state index is 2.32. The Labute approximate surface area is 184 Å². The van der Waals surface area contributed by atoms with Gasteiger partial charge in [-0.1, -0.05) is 92.6 Å². The minimum atomic E-state index is 1.19. The molecule has 0 aromatic heterocycles. The lowest BCUT2D eigenvalue weighted by Crippen LogP contribution is -1.85. The molecule has 0 heterocycles. The Morgan fingerprint density at radius 2 is 1.06 bits per heavy atom. The van der Waals surface area contributed by atoms with Gasteiger partial charge >= 0.3 is 0 Å². The number of hydrogen-bond acceptors (Lipinski definition) is 0. The molecule has 0 aliphatic heterocycles. The number of fused-ring (bicyclic) bond motifs is 3. The Morgan fingerprint density at radius 1 is 0.516 bits per heavy atom. The number of hydrogen-bond donors (Lipinski definition) is 0. The standard InChI is InChI=1S/C31H28/c1-2-3-4-7-23-10-12-24(13-11-23)14-15-25-16-17-28-21-30-19-26-8-5-6-9-27(26)20-31(30)22-29(28)18-25/h5-6,8-22H,2-4,7H2,1H3/b15-14+. The molecule has 31 heavy (non-hydrogen) atoms. The largest absolute Gasteiger partial charge is 0.0654 e. The van der Waals surface area contributed by atoms with Gasteiger partial charge in [0, 0.05) is 0 Å². The van der Waals surface area contributed by atoms with Crippen LogP contribution in [-0.2, 0) is 6.42 Å². The van der Waals surface area contributed by atoms with E-state index in [9.17, 15) is 0 Å². The minimum absolute atomic E-state index is 1.19. The Balaban J connectivity index is 1.40. The van der Waals surface area contributed by atoms with Crippen LogP contribution >= 0.6 is 0 Å². The molecular weight excluding hydrogens is 372 g/mol. The molecule has 5 rings (SSSR count). The van der Waals surface area contributed by atoms with E-state index in [0.29, 0.717) is 0 Å². The highest BCUT2D eigenvalue weighted by molar-refractivity contribution is 6.05. The van der Waals surface area contributed by atoms with Crippen molar-refractivity contribution in [2.75, 3.05) is 0 Å². The summed E-state index contributed by atoms with van der Waals surface area (Å²) in [7, 11) is 0. The van der Waals surface area contributed by atoms with E-state index in [1.54, 1.807) is 0 Å². The molecule has 152 valence electrons. The highest BCUT2D eigenvalue weighted by Gasteiger charge is 2.02. The molecule has 0 N–H and O–H groups in total. The van der Waals surface area contributed by atoms with Crippen LogP contribution in [0.4, 0.5) is 0 Å². The zero-order valence-corrected chi connectivity index (χ0v) is 18.1. The van der Waals surface area contributed by atoms with Gasteiger partial charge in [-0.2, -0.15) is 0 Å². The fraction of sp³-hybridized carbons (Fsp3) is 0.161. The average Bonchev–Trinajstić information content (AvgIpc) is 2.81. The summed E-state index contributed by atoms with van der Waals surface area (Å²) in [4.78, 5) is 0. The average molecular weight is 401 g/mol. The zero-order valence-electron chi connectivity index (χ0n) is 18.1. The highest BCUT2D eigenvalue weighted by Crippen LogP contribution is 2.28. The molecule has 0 unspecified atom stereocenters. The van der Waals surface area contributed by atoms with Gasteiger partial charge in [0.05, 0.1) is 0 Å². The summed E-state index contributed by atoms with van der Waals surface area (Å²) in [6.07, 6.45) is 9.49. The molecule has 0 fully saturated rings. The van der Waals surface area contributed by atoms with Gasteiger partial charge in [0.1, 0.15) is 0 Å². The van der Waals surface area contributed by atoms with Crippen LogP contribution < -0.4 is 0 Å². The Hall–Kier alpha value is -3.38. The second-order valence-corrected chi connectivity index (χ2v) is 8.54. The molecule has 5 aromatic rings. The van der Waals surface area contributed by atoms with E-state index in [-0.39, 0.29) is 0 Å². The van der Waals surface area contributed by atoms with Crippen molar-refractivity contribution in [1.29, 1.82) is 0 Å². The number of benzene rings is 5. The van der Waals surface area contributed by atoms with Crippen molar-refractivity contribution in [2.45, 2.75) is 32.6 Å². The summed E-state index contributed by atoms with van der Waals surface area (Å²) < 4.78 is 0. The molecule has 0 saturated carbocycles. The topological polar surface area (TPSA) is 0 Å². The molecule has 0 atom stereocenters. The quantitative estimate of drug-likeness (QED) is 0.151. The van der Waals surface area contributed by atoms with Crippen molar-refractivity contribution in [3.05, 3.63) is 108 Å². The third-order valence-corrected chi connectivity index (χ3v) is 6.20. The molecule has 0 spiro atoms. The maximum Gasteiger partial charge on any atom is -0.0171 e. The highest BCUT2D eigenvalue weighted by atomic mass is 14.1. The first-order valence-electron chi connectivity index (χ1n) is 11.4. The zero-order chi connectivity index (χ0) is 21.0. The summed E-state index contributed by atoms with van der Waals surface area (Å²) in [6.45, 7) is 2.26. The fourth-order valence-corrected chi connectivity index (χ4v) is 4.38. The van der Waals surface area contributed by atoms with Gasteiger partial charge in [-0.15, -0.1) is 0 Å². The van der Waals surface area contributed by atoms with Gasteiger partial charge < -0.3 is 0 Å². The van der Waals surface area contributed by atoms with Crippen LogP contribution in [0.1, 0.15) is 42.9 Å². The second-order valence-electron chi connectivity index (χ2n) is 8.54. The van der Waals surface area contributed by atoms with Crippen LogP contribution in [0.15, 0.2) is 91.0 Å². The molecule has 0 amide bonds. The molecular formula is C31H28. The second kappa shape index (κ2) is 8.78. The number of aryl methyl sites for hydroxylation is 1. The minimum Gasteiger partial charge on any atom is -0.0654 e. The summed E-state index contributed by atoms with van der Waals surface area (Å²) in [5.41, 5.74) is 3.93. The normalized spacial score (nSPS) is 11.8. The molecule has 0 nitrogen and oxygen atoms in total. The van der Waals surface area contributed by atoms with Gasteiger partial charge in [0.25, 0.3) is 0 Å². The summed E-state index contributed by atoms with van der Waals surface area (Å²) in [6, 6.07) is 33.6. The van der Waals surface area contributed by atoms with Crippen molar-refractivity contribution < 1.29 is 0 Å². The monoisotopic (exact) mass is 400 g/mol. The van der Waals surface area contributed by atoms with Crippen molar-refractivity contribution in [3.63, 3.8) is 0 Å². The molecule has 0 radical (unpaired) electrons. The van der Waals surface area contributed by atoms with Crippen LogP contribution in [0.25, 0.3) is 44.5 Å². The molecule has 0 saturated heterocycles. The van der Waals surface area contributed by atoms with Crippen LogP contribution in [0, 0.1) is 0 Å². The van der Waals surface area contributed by atoms with Gasteiger partial charge in [-0.05, 0) is 92.2 Å². The van der Waals surface area contributed by atoms with E-state index < -0.39 is 0 Å². The van der Waals surface area contributed by atoms with Crippen LogP contribution in [-0.4, -0.2) is 0 Å². The fourth-order valence-electron chi connectivity index (χ4n) is 4.38. The molecule has 5 aromatic carbocycles. The lowest BCUT2D eigenvalue weighted by molar-refractivity contribution is 0.717. The van der Waals surface area contributed by atoms with Crippen LogP contribution in [0.2, 0.25) is 0 Å². The lowest BCUT2D eigenvalue weighted by atomic mass is 9.98. The van der Waals surface area contributed by atoms with E-state index in [4.69, 9.17) is 0 Å². The number of rotatable bonds is 6. The molecule has 0 aliphatic carbocycles. The first-order valence-corrected chi connectivity index (χ1v) is 11.4. The summed E-state index contributed by atoms with van der Waals surface area (Å²) in [5.74, 6) is 0. The van der Waals surface area contributed by atoms with E-state index in [2.05, 4.69) is 110 Å². The Bertz CT molecular complexity index is 1370. The first kappa shape index (κ1) is 19.6. The lowest BCUT2D eigenvalue weighted by Gasteiger charge is -2.06. The van der Waals surface area contributed by atoms with Crippen molar-refractivity contribution in [2.24, 2.45) is 0 Å². The van der Waals surface area contributed by atoms with Crippen LogP contribution in [0.5, 0.6) is 0 Å². The third kappa shape index (κ3) is 4.39. The molecule has 0 aliphatic rings. The molecule has 0 heteroatoms. The maximum absolute atomic E-state index is 2.32. The van der Waals surface area contributed by atoms with E-state index in [0.717, 1.165) is 0 Å². The van der Waals surface area contributed by atoms with Gasteiger partial charge in [-0.25, -0.2) is 0 Å². The van der Waals surface area contributed by atoms with Crippen molar-refractivity contribution in [3.8, 4) is 0 Å². The first-order chi connectivity index (χ1) is 15.3. The SMILES string of the molecule is CCCCCc1ccc(/C=C/c2ccc3cc4cc5ccccc5cc4cc3c2)cc1.